The Morgan fingerprint density at radius 3 is 2.67 bits per heavy atom. The number of aryl methyl sites for hydroxylation is 1. The van der Waals surface area contributed by atoms with E-state index in [1.807, 2.05) is 0 Å². The maximum Gasteiger partial charge on any atom is 0.122 e. The van der Waals surface area contributed by atoms with Crippen molar-refractivity contribution in [3.63, 3.8) is 0 Å². The molecule has 0 saturated heterocycles. The predicted octanol–water partition coefficient (Wildman–Crippen LogP) is 3.04. The minimum atomic E-state index is 0.360. The van der Waals surface area contributed by atoms with Crippen LogP contribution in [0.2, 0.25) is 0 Å². The Morgan fingerprint density at radius 2 is 2.11 bits per heavy atom. The Balaban J connectivity index is 1.83. The summed E-state index contributed by atoms with van der Waals surface area (Å²) in [6.45, 7) is 3.34. The van der Waals surface area contributed by atoms with Crippen LogP contribution in [0, 0.1) is 0 Å². The van der Waals surface area contributed by atoms with E-state index in [1.165, 1.54) is 36.8 Å². The van der Waals surface area contributed by atoms with Crippen LogP contribution in [0.5, 0.6) is 5.75 Å². The van der Waals surface area contributed by atoms with Gasteiger partial charge in [-0.3, -0.25) is 0 Å². The number of hydrogen-bond donors (Lipinski definition) is 1. The van der Waals surface area contributed by atoms with Gasteiger partial charge in [0.05, 0.1) is 7.11 Å². The van der Waals surface area contributed by atoms with Gasteiger partial charge in [0, 0.05) is 23.6 Å². The Labute approximate surface area is 110 Å². The van der Waals surface area contributed by atoms with E-state index >= 15 is 0 Å². The maximum atomic E-state index is 5.57. The second-order valence-corrected chi connectivity index (χ2v) is 5.82. The van der Waals surface area contributed by atoms with Crippen LogP contribution in [-0.2, 0) is 11.8 Å². The van der Waals surface area contributed by atoms with Gasteiger partial charge in [-0.25, -0.2) is 0 Å². The molecule has 0 aliphatic heterocycles. The Morgan fingerprint density at radius 1 is 1.33 bits per heavy atom. The van der Waals surface area contributed by atoms with Gasteiger partial charge < -0.3 is 10.1 Å². The van der Waals surface area contributed by atoms with E-state index < -0.39 is 0 Å². The van der Waals surface area contributed by atoms with E-state index in [1.54, 1.807) is 7.11 Å². The molecule has 2 heteroatoms. The molecule has 18 heavy (non-hydrogen) atoms. The highest BCUT2D eigenvalue weighted by molar-refractivity contribution is 5.46. The zero-order chi connectivity index (χ0) is 12.6. The lowest BCUT2D eigenvalue weighted by molar-refractivity contribution is 0.401. The zero-order valence-corrected chi connectivity index (χ0v) is 11.5. The van der Waals surface area contributed by atoms with Crippen LogP contribution in [0.1, 0.15) is 43.7 Å². The minimum Gasteiger partial charge on any atom is -0.496 e. The number of nitrogens with one attached hydrogen (secondary N) is 1. The van der Waals surface area contributed by atoms with Crippen LogP contribution in [0.15, 0.2) is 18.2 Å². The molecule has 2 nitrogen and oxygen atoms in total. The van der Waals surface area contributed by atoms with Crippen molar-refractivity contribution in [3.8, 4) is 5.75 Å². The molecular formula is C16H23NO. The van der Waals surface area contributed by atoms with Crippen molar-refractivity contribution in [1.29, 1.82) is 0 Å². The first-order chi connectivity index (χ1) is 8.77. The molecule has 0 unspecified atom stereocenters. The van der Waals surface area contributed by atoms with E-state index in [9.17, 15) is 0 Å². The molecule has 0 amide bonds. The number of methoxy groups -OCH3 is 1. The molecule has 2 saturated carbocycles. The second-order valence-electron chi connectivity index (χ2n) is 5.82. The second kappa shape index (κ2) is 4.58. The normalized spacial score (nSPS) is 20.8. The monoisotopic (exact) mass is 245 g/mol. The van der Waals surface area contributed by atoms with Gasteiger partial charge in [0.15, 0.2) is 0 Å². The third-order valence-corrected chi connectivity index (χ3v) is 4.40. The third-order valence-electron chi connectivity index (χ3n) is 4.40. The fraction of sp³-hybridized carbons (Fsp3) is 0.625. The van der Waals surface area contributed by atoms with E-state index in [4.69, 9.17) is 4.74 Å². The summed E-state index contributed by atoms with van der Waals surface area (Å²) in [5.74, 6) is 1.07. The van der Waals surface area contributed by atoms with Crippen LogP contribution < -0.4 is 10.1 Å². The highest BCUT2D eigenvalue weighted by Crippen LogP contribution is 2.51. The summed E-state index contributed by atoms with van der Waals surface area (Å²) in [5, 5.41) is 3.69. The number of rotatable bonds is 6. The van der Waals surface area contributed by atoms with E-state index in [-0.39, 0.29) is 0 Å². The highest BCUT2D eigenvalue weighted by Gasteiger charge is 2.46. The molecule has 3 rings (SSSR count). The first kappa shape index (κ1) is 12.0. The van der Waals surface area contributed by atoms with Crippen molar-refractivity contribution in [1.82, 2.24) is 5.32 Å². The van der Waals surface area contributed by atoms with Gasteiger partial charge in [-0.15, -0.1) is 0 Å². The highest BCUT2D eigenvalue weighted by atomic mass is 16.5. The lowest BCUT2D eigenvalue weighted by Crippen LogP contribution is -2.28. The molecule has 1 aromatic rings. The standard InChI is InChI=1S/C16H23NO/c1-3-12-4-7-15(18-2)14(10-12)16(8-9-16)11-17-13-5-6-13/h4,7,10,13,17H,3,5-6,8-9,11H2,1-2H3. The molecule has 1 N–H and O–H groups in total. The van der Waals surface area contributed by atoms with Gasteiger partial charge >= 0.3 is 0 Å². The van der Waals surface area contributed by atoms with Gasteiger partial charge in [-0.05, 0) is 43.7 Å². The summed E-state index contributed by atoms with van der Waals surface area (Å²) >= 11 is 0. The topological polar surface area (TPSA) is 21.3 Å². The van der Waals surface area contributed by atoms with Crippen molar-refractivity contribution in [3.05, 3.63) is 29.3 Å². The van der Waals surface area contributed by atoms with Crippen LogP contribution in [-0.4, -0.2) is 19.7 Å². The minimum absolute atomic E-state index is 0.360. The Bertz CT molecular complexity index is 433. The first-order valence-corrected chi connectivity index (χ1v) is 7.18. The first-order valence-electron chi connectivity index (χ1n) is 7.18. The van der Waals surface area contributed by atoms with Gasteiger partial charge in [0.25, 0.3) is 0 Å². The number of benzene rings is 1. The Hall–Kier alpha value is -1.02. The molecule has 1 aromatic carbocycles. The van der Waals surface area contributed by atoms with Crippen LogP contribution in [0.25, 0.3) is 0 Å². The molecule has 0 radical (unpaired) electrons. The van der Waals surface area contributed by atoms with Crippen molar-refractivity contribution in [2.45, 2.75) is 50.5 Å². The average molecular weight is 245 g/mol. The number of hydrogen-bond acceptors (Lipinski definition) is 2. The largest absolute Gasteiger partial charge is 0.496 e. The molecule has 0 atom stereocenters. The summed E-state index contributed by atoms with van der Waals surface area (Å²) in [7, 11) is 1.79. The van der Waals surface area contributed by atoms with E-state index in [2.05, 4.69) is 30.4 Å². The van der Waals surface area contributed by atoms with Gasteiger partial charge in [-0.2, -0.15) is 0 Å². The van der Waals surface area contributed by atoms with Crippen LogP contribution in [0.4, 0.5) is 0 Å². The van der Waals surface area contributed by atoms with Crippen LogP contribution >= 0.6 is 0 Å². The molecule has 0 bridgehead atoms. The fourth-order valence-electron chi connectivity index (χ4n) is 2.71. The molecule has 0 spiro atoms. The quantitative estimate of drug-likeness (QED) is 0.831. The van der Waals surface area contributed by atoms with E-state index in [0.29, 0.717) is 5.41 Å². The maximum absolute atomic E-state index is 5.57. The molecule has 2 aliphatic carbocycles. The van der Waals surface area contributed by atoms with Gasteiger partial charge in [0.2, 0.25) is 0 Å². The molecule has 98 valence electrons. The van der Waals surface area contributed by atoms with Crippen LogP contribution in [0.3, 0.4) is 0 Å². The summed E-state index contributed by atoms with van der Waals surface area (Å²) < 4.78 is 5.57. The van der Waals surface area contributed by atoms with Crippen molar-refractivity contribution in [2.75, 3.05) is 13.7 Å². The molecule has 0 heterocycles. The SMILES string of the molecule is CCc1ccc(OC)c(C2(CNC3CC3)CC2)c1. The molecule has 2 aliphatic rings. The Kier molecular flexibility index (Phi) is 3.06. The predicted molar refractivity (Wildman–Crippen MR) is 74.3 cm³/mol. The summed E-state index contributed by atoms with van der Waals surface area (Å²) in [5.41, 5.74) is 3.21. The lowest BCUT2D eigenvalue weighted by atomic mass is 9.92. The fourth-order valence-corrected chi connectivity index (χ4v) is 2.71. The van der Waals surface area contributed by atoms with Gasteiger partial charge in [-0.1, -0.05) is 19.1 Å². The van der Waals surface area contributed by atoms with Crippen molar-refractivity contribution >= 4 is 0 Å². The third kappa shape index (κ3) is 2.26. The molecule has 0 aromatic heterocycles. The summed E-state index contributed by atoms with van der Waals surface area (Å²) in [6, 6.07) is 7.49. The summed E-state index contributed by atoms with van der Waals surface area (Å²) in [4.78, 5) is 0. The van der Waals surface area contributed by atoms with Gasteiger partial charge in [0.1, 0.15) is 5.75 Å². The summed E-state index contributed by atoms with van der Waals surface area (Å²) in [6.07, 6.45) is 6.43. The van der Waals surface area contributed by atoms with E-state index in [0.717, 1.165) is 24.8 Å². The molecular weight excluding hydrogens is 222 g/mol. The average Bonchev–Trinajstić information content (AvgIpc) is 3.29. The number of ether oxygens (including phenoxy) is 1. The molecule has 2 fully saturated rings. The zero-order valence-electron chi connectivity index (χ0n) is 11.5. The smallest absolute Gasteiger partial charge is 0.122 e. The van der Waals surface area contributed by atoms with Crippen molar-refractivity contribution < 1.29 is 4.74 Å². The van der Waals surface area contributed by atoms with Crippen molar-refractivity contribution in [2.24, 2.45) is 0 Å². The lowest BCUT2D eigenvalue weighted by Gasteiger charge is -2.20.